The molecule has 2 nitrogen and oxygen atoms in total. The Morgan fingerprint density at radius 2 is 2.36 bits per heavy atom. The molecule has 0 aromatic heterocycles. The molecule has 0 aromatic rings. The first-order chi connectivity index (χ1) is 6.93. The maximum atomic E-state index is 8.59. The van der Waals surface area contributed by atoms with Crippen LogP contribution in [0.3, 0.4) is 0 Å². The Hall–Kier alpha value is 0.0100. The number of aliphatic hydroxyl groups excluding tert-OH is 1. The van der Waals surface area contributed by atoms with Crippen molar-refractivity contribution in [1.29, 1.82) is 0 Å². The quantitative estimate of drug-likeness (QED) is 0.502. The van der Waals surface area contributed by atoms with Gasteiger partial charge in [0.2, 0.25) is 0 Å². The van der Waals surface area contributed by atoms with Gasteiger partial charge < -0.3 is 10.4 Å². The van der Waals surface area contributed by atoms with Gasteiger partial charge in [0.25, 0.3) is 0 Å². The minimum Gasteiger partial charge on any atom is -0.396 e. The second kappa shape index (κ2) is 8.33. The molecule has 1 rings (SSSR count). The van der Waals surface area contributed by atoms with Crippen molar-refractivity contribution in [1.82, 2.24) is 5.32 Å². The van der Waals surface area contributed by atoms with Gasteiger partial charge in [0, 0.05) is 24.9 Å². The SMILES string of the molecule is OCCCSCCNC1C=CCCC1. The maximum Gasteiger partial charge on any atom is 0.0438 e. The van der Waals surface area contributed by atoms with Crippen LogP contribution < -0.4 is 5.32 Å². The first kappa shape index (κ1) is 12.1. The number of nitrogens with one attached hydrogen (secondary N) is 1. The minimum atomic E-state index is 0.325. The third-order valence-corrected chi connectivity index (χ3v) is 3.42. The van der Waals surface area contributed by atoms with Crippen LogP contribution in [0.15, 0.2) is 12.2 Å². The molecule has 0 aromatic carbocycles. The Morgan fingerprint density at radius 1 is 1.43 bits per heavy atom. The van der Waals surface area contributed by atoms with E-state index in [0.29, 0.717) is 12.6 Å². The van der Waals surface area contributed by atoms with Crippen molar-refractivity contribution in [3.8, 4) is 0 Å². The topological polar surface area (TPSA) is 32.3 Å². The molecule has 82 valence electrons. The Kier molecular flexibility index (Phi) is 7.19. The molecule has 1 aliphatic carbocycles. The van der Waals surface area contributed by atoms with Gasteiger partial charge in [-0.3, -0.25) is 0 Å². The van der Waals surface area contributed by atoms with Gasteiger partial charge >= 0.3 is 0 Å². The van der Waals surface area contributed by atoms with Gasteiger partial charge in [-0.1, -0.05) is 12.2 Å². The molecule has 3 heteroatoms. The van der Waals surface area contributed by atoms with E-state index in [-0.39, 0.29) is 0 Å². The Balaban J connectivity index is 1.88. The van der Waals surface area contributed by atoms with Crippen molar-refractivity contribution in [2.75, 3.05) is 24.7 Å². The average Bonchev–Trinajstić information content (AvgIpc) is 2.25. The van der Waals surface area contributed by atoms with Gasteiger partial charge in [-0.05, 0) is 31.4 Å². The Labute approximate surface area is 91.2 Å². The normalized spacial score (nSPS) is 21.4. The number of rotatable bonds is 7. The lowest BCUT2D eigenvalue weighted by atomic mass is 10.0. The molecule has 0 heterocycles. The maximum absolute atomic E-state index is 8.59. The van der Waals surface area contributed by atoms with Gasteiger partial charge in [0.15, 0.2) is 0 Å². The van der Waals surface area contributed by atoms with Crippen LogP contribution in [-0.2, 0) is 0 Å². The Bertz CT molecular complexity index is 161. The third kappa shape index (κ3) is 5.68. The standard InChI is InChI=1S/C11H21NOS/c13-8-4-9-14-10-7-12-11-5-2-1-3-6-11/h2,5,11-13H,1,3-4,6-10H2. The second-order valence-corrected chi connectivity index (χ2v) is 4.83. The summed E-state index contributed by atoms with van der Waals surface area (Å²) in [6.07, 6.45) is 9.36. The summed E-state index contributed by atoms with van der Waals surface area (Å²) in [6.45, 7) is 1.41. The van der Waals surface area contributed by atoms with Crippen molar-refractivity contribution in [2.45, 2.75) is 31.7 Å². The van der Waals surface area contributed by atoms with Crippen LogP contribution >= 0.6 is 11.8 Å². The number of hydrogen-bond donors (Lipinski definition) is 2. The molecule has 0 saturated carbocycles. The van der Waals surface area contributed by atoms with Crippen molar-refractivity contribution < 1.29 is 5.11 Å². The molecule has 1 unspecified atom stereocenters. The average molecular weight is 215 g/mol. The molecule has 0 spiro atoms. The van der Waals surface area contributed by atoms with Gasteiger partial charge in [-0.15, -0.1) is 0 Å². The van der Waals surface area contributed by atoms with E-state index >= 15 is 0 Å². The zero-order chi connectivity index (χ0) is 10.1. The first-order valence-corrected chi connectivity index (χ1v) is 6.67. The molecule has 0 saturated heterocycles. The largest absolute Gasteiger partial charge is 0.396 e. The van der Waals surface area contributed by atoms with Crippen LogP contribution in [0.4, 0.5) is 0 Å². The highest BCUT2D eigenvalue weighted by Gasteiger charge is 2.05. The van der Waals surface area contributed by atoms with Crippen LogP contribution in [0, 0.1) is 0 Å². The van der Waals surface area contributed by atoms with E-state index in [9.17, 15) is 0 Å². The lowest BCUT2D eigenvalue weighted by molar-refractivity contribution is 0.296. The molecule has 0 aliphatic heterocycles. The summed E-state index contributed by atoms with van der Waals surface area (Å²) in [5, 5.41) is 12.1. The van der Waals surface area contributed by atoms with Crippen molar-refractivity contribution in [2.24, 2.45) is 0 Å². The lowest BCUT2D eigenvalue weighted by Crippen LogP contribution is -2.30. The molecule has 0 radical (unpaired) electrons. The van der Waals surface area contributed by atoms with Crippen LogP contribution in [0.5, 0.6) is 0 Å². The van der Waals surface area contributed by atoms with E-state index in [1.165, 1.54) is 19.3 Å². The van der Waals surface area contributed by atoms with Gasteiger partial charge in [0.05, 0.1) is 0 Å². The number of aliphatic hydroxyl groups is 1. The summed E-state index contributed by atoms with van der Waals surface area (Å²) in [4.78, 5) is 0. The summed E-state index contributed by atoms with van der Waals surface area (Å²) in [5.74, 6) is 2.24. The van der Waals surface area contributed by atoms with E-state index in [4.69, 9.17) is 5.11 Å². The van der Waals surface area contributed by atoms with Gasteiger partial charge in [-0.2, -0.15) is 11.8 Å². The molecule has 0 bridgehead atoms. The highest BCUT2D eigenvalue weighted by molar-refractivity contribution is 7.99. The second-order valence-electron chi connectivity index (χ2n) is 3.61. The summed E-state index contributed by atoms with van der Waals surface area (Å²) in [7, 11) is 0. The molecule has 1 atom stereocenters. The molecular weight excluding hydrogens is 194 g/mol. The molecule has 0 fully saturated rings. The monoisotopic (exact) mass is 215 g/mol. The Morgan fingerprint density at radius 3 is 3.07 bits per heavy atom. The van der Waals surface area contributed by atoms with E-state index in [1.807, 2.05) is 11.8 Å². The summed E-state index contributed by atoms with van der Waals surface area (Å²) in [6, 6.07) is 0.613. The van der Waals surface area contributed by atoms with E-state index in [0.717, 1.165) is 24.5 Å². The van der Waals surface area contributed by atoms with E-state index in [1.54, 1.807) is 0 Å². The van der Waals surface area contributed by atoms with Crippen molar-refractivity contribution >= 4 is 11.8 Å². The van der Waals surface area contributed by atoms with Crippen LogP contribution in [-0.4, -0.2) is 35.8 Å². The van der Waals surface area contributed by atoms with Crippen LogP contribution in [0.2, 0.25) is 0 Å². The molecule has 14 heavy (non-hydrogen) atoms. The van der Waals surface area contributed by atoms with Gasteiger partial charge in [0.1, 0.15) is 0 Å². The summed E-state index contributed by atoms with van der Waals surface area (Å²) in [5.41, 5.74) is 0. The number of hydrogen-bond acceptors (Lipinski definition) is 3. The summed E-state index contributed by atoms with van der Waals surface area (Å²) < 4.78 is 0. The fourth-order valence-electron chi connectivity index (χ4n) is 1.57. The highest BCUT2D eigenvalue weighted by atomic mass is 32.2. The predicted molar refractivity (Wildman–Crippen MR) is 63.8 cm³/mol. The zero-order valence-corrected chi connectivity index (χ0v) is 9.56. The zero-order valence-electron chi connectivity index (χ0n) is 8.74. The molecule has 1 aliphatic rings. The molecule has 0 amide bonds. The minimum absolute atomic E-state index is 0.325. The van der Waals surface area contributed by atoms with Gasteiger partial charge in [-0.25, -0.2) is 0 Å². The van der Waals surface area contributed by atoms with Crippen LogP contribution in [0.25, 0.3) is 0 Å². The van der Waals surface area contributed by atoms with Crippen LogP contribution in [0.1, 0.15) is 25.7 Å². The predicted octanol–water partition coefficient (Wildman–Crippen LogP) is 1.80. The molecule has 2 N–H and O–H groups in total. The fraction of sp³-hybridized carbons (Fsp3) is 0.818. The number of allylic oxidation sites excluding steroid dienone is 1. The number of thioether (sulfide) groups is 1. The molecular formula is C11H21NOS. The highest BCUT2D eigenvalue weighted by Crippen LogP contribution is 2.10. The van der Waals surface area contributed by atoms with E-state index in [2.05, 4.69) is 17.5 Å². The first-order valence-electron chi connectivity index (χ1n) is 5.52. The smallest absolute Gasteiger partial charge is 0.0438 e. The fourth-order valence-corrected chi connectivity index (χ4v) is 2.37. The van der Waals surface area contributed by atoms with Crippen molar-refractivity contribution in [3.63, 3.8) is 0 Å². The van der Waals surface area contributed by atoms with Crippen molar-refractivity contribution in [3.05, 3.63) is 12.2 Å². The third-order valence-electron chi connectivity index (χ3n) is 2.35. The summed E-state index contributed by atoms with van der Waals surface area (Å²) >= 11 is 1.92. The lowest BCUT2D eigenvalue weighted by Gasteiger charge is -2.17. The van der Waals surface area contributed by atoms with E-state index < -0.39 is 0 Å².